The first kappa shape index (κ1) is 14.0. The third-order valence-corrected chi connectivity index (χ3v) is 2.84. The molecule has 2 rings (SSSR count). The van der Waals surface area contributed by atoms with Crippen molar-refractivity contribution < 1.29 is 0 Å². The zero-order chi connectivity index (χ0) is 11.5. The van der Waals surface area contributed by atoms with Crippen LogP contribution in [0, 0.1) is 0 Å². The van der Waals surface area contributed by atoms with E-state index in [1.165, 1.54) is 5.56 Å². The molecule has 0 saturated heterocycles. The van der Waals surface area contributed by atoms with E-state index in [9.17, 15) is 0 Å². The lowest BCUT2D eigenvalue weighted by Gasteiger charge is -2.08. The second-order valence-corrected chi connectivity index (χ2v) is 4.36. The van der Waals surface area contributed by atoms with Crippen LogP contribution in [0.15, 0.2) is 48.5 Å². The van der Waals surface area contributed by atoms with Gasteiger partial charge in [-0.2, -0.15) is 0 Å². The number of hydrogen-bond donors (Lipinski definition) is 1. The molecule has 2 aromatic rings. The molecule has 0 bridgehead atoms. The first-order valence-corrected chi connectivity index (χ1v) is 5.66. The van der Waals surface area contributed by atoms with Crippen molar-refractivity contribution in [3.63, 3.8) is 0 Å². The third-order valence-electron chi connectivity index (χ3n) is 2.59. The van der Waals surface area contributed by atoms with E-state index in [1.54, 1.807) is 0 Å². The number of rotatable bonds is 2. The number of halogens is 2. The van der Waals surface area contributed by atoms with Crippen molar-refractivity contribution in [3.05, 3.63) is 59.1 Å². The molecule has 0 fully saturated rings. The van der Waals surface area contributed by atoms with E-state index in [0.29, 0.717) is 0 Å². The monoisotopic (exact) mass is 267 g/mol. The predicted molar refractivity (Wildman–Crippen MR) is 76.7 cm³/mol. The van der Waals surface area contributed by atoms with E-state index in [4.69, 9.17) is 17.3 Å². The molecule has 0 amide bonds. The fraction of sp³-hybridized carbons (Fsp3) is 0.143. The molecule has 0 saturated carbocycles. The van der Waals surface area contributed by atoms with Gasteiger partial charge in [-0.15, -0.1) is 12.4 Å². The molecule has 0 heterocycles. The molecule has 2 N–H and O–H groups in total. The normalized spacial score (nSPS) is 11.7. The largest absolute Gasteiger partial charge is 0.324 e. The van der Waals surface area contributed by atoms with Crippen LogP contribution in [0.3, 0.4) is 0 Å². The minimum absolute atomic E-state index is 0. The van der Waals surface area contributed by atoms with Gasteiger partial charge in [0.05, 0.1) is 0 Å². The van der Waals surface area contributed by atoms with Crippen LogP contribution in [0.5, 0.6) is 0 Å². The highest BCUT2D eigenvalue weighted by Crippen LogP contribution is 2.23. The first-order chi connectivity index (χ1) is 7.66. The standard InChI is InChI=1S/C14H14ClN.ClH/c1-10(16)12-3-2-4-13(9-12)11-5-7-14(15)8-6-11;/h2-10H,16H2,1H3;1H/t10-;/m1./s1. The van der Waals surface area contributed by atoms with Gasteiger partial charge in [-0.05, 0) is 41.8 Å². The van der Waals surface area contributed by atoms with Crippen molar-refractivity contribution in [2.75, 3.05) is 0 Å². The zero-order valence-corrected chi connectivity index (χ0v) is 11.1. The van der Waals surface area contributed by atoms with Crippen LogP contribution in [-0.4, -0.2) is 0 Å². The Hall–Kier alpha value is -1.02. The molecular formula is C14H15Cl2N. The minimum Gasteiger partial charge on any atom is -0.324 e. The van der Waals surface area contributed by atoms with Gasteiger partial charge in [-0.1, -0.05) is 41.9 Å². The van der Waals surface area contributed by atoms with Crippen LogP contribution in [0.1, 0.15) is 18.5 Å². The summed E-state index contributed by atoms with van der Waals surface area (Å²) in [6.07, 6.45) is 0. The second-order valence-electron chi connectivity index (χ2n) is 3.92. The van der Waals surface area contributed by atoms with Crippen molar-refractivity contribution in [2.45, 2.75) is 13.0 Å². The quantitative estimate of drug-likeness (QED) is 0.855. The number of benzene rings is 2. The number of nitrogens with two attached hydrogens (primary N) is 1. The van der Waals surface area contributed by atoms with Gasteiger partial charge in [0.2, 0.25) is 0 Å². The molecule has 0 aliphatic rings. The average Bonchev–Trinajstić information content (AvgIpc) is 2.30. The maximum absolute atomic E-state index is 5.86. The van der Waals surface area contributed by atoms with E-state index in [0.717, 1.165) is 16.1 Å². The highest BCUT2D eigenvalue weighted by atomic mass is 35.5. The summed E-state index contributed by atoms with van der Waals surface area (Å²) in [6.45, 7) is 1.99. The Morgan fingerprint density at radius 3 is 2.24 bits per heavy atom. The number of hydrogen-bond acceptors (Lipinski definition) is 1. The molecule has 2 aromatic carbocycles. The van der Waals surface area contributed by atoms with Crippen molar-refractivity contribution >= 4 is 24.0 Å². The molecule has 17 heavy (non-hydrogen) atoms. The SMILES string of the molecule is C[C@@H](N)c1cccc(-c2ccc(Cl)cc2)c1.Cl. The molecule has 0 spiro atoms. The molecule has 1 atom stereocenters. The van der Waals surface area contributed by atoms with Gasteiger partial charge >= 0.3 is 0 Å². The lowest BCUT2D eigenvalue weighted by Crippen LogP contribution is -2.04. The molecule has 3 heteroatoms. The Bertz CT molecular complexity index is 478. The van der Waals surface area contributed by atoms with Crippen molar-refractivity contribution in [3.8, 4) is 11.1 Å². The highest BCUT2D eigenvalue weighted by Gasteiger charge is 2.02. The van der Waals surface area contributed by atoms with Gasteiger partial charge in [-0.25, -0.2) is 0 Å². The smallest absolute Gasteiger partial charge is 0.0406 e. The molecule has 1 nitrogen and oxygen atoms in total. The van der Waals surface area contributed by atoms with Crippen molar-refractivity contribution in [1.82, 2.24) is 0 Å². The summed E-state index contributed by atoms with van der Waals surface area (Å²) < 4.78 is 0. The Balaban J connectivity index is 0.00000144. The Kier molecular flexibility index (Phi) is 5.01. The molecule has 90 valence electrons. The fourth-order valence-corrected chi connectivity index (χ4v) is 1.77. The van der Waals surface area contributed by atoms with Gasteiger partial charge in [-0.3, -0.25) is 0 Å². The summed E-state index contributed by atoms with van der Waals surface area (Å²) >= 11 is 5.86. The molecule has 0 aromatic heterocycles. The van der Waals surface area contributed by atoms with Crippen LogP contribution < -0.4 is 5.73 Å². The topological polar surface area (TPSA) is 26.0 Å². The molecule has 0 aliphatic carbocycles. The summed E-state index contributed by atoms with van der Waals surface area (Å²) in [5.74, 6) is 0. The van der Waals surface area contributed by atoms with E-state index in [-0.39, 0.29) is 18.4 Å². The molecule has 0 unspecified atom stereocenters. The fourth-order valence-electron chi connectivity index (χ4n) is 1.64. The maximum atomic E-state index is 5.86. The van der Waals surface area contributed by atoms with E-state index >= 15 is 0 Å². The molecule has 0 aliphatic heterocycles. The molecular weight excluding hydrogens is 253 g/mol. The van der Waals surface area contributed by atoms with Gasteiger partial charge in [0.25, 0.3) is 0 Å². The highest BCUT2D eigenvalue weighted by molar-refractivity contribution is 6.30. The Morgan fingerprint density at radius 2 is 1.65 bits per heavy atom. The maximum Gasteiger partial charge on any atom is 0.0406 e. The van der Waals surface area contributed by atoms with Gasteiger partial charge in [0, 0.05) is 11.1 Å². The van der Waals surface area contributed by atoms with Crippen LogP contribution in [0.4, 0.5) is 0 Å². The summed E-state index contributed by atoms with van der Waals surface area (Å²) in [6, 6.07) is 16.2. The summed E-state index contributed by atoms with van der Waals surface area (Å²) in [5, 5.41) is 0.757. The summed E-state index contributed by atoms with van der Waals surface area (Å²) in [4.78, 5) is 0. The van der Waals surface area contributed by atoms with Crippen LogP contribution in [0.25, 0.3) is 11.1 Å². The minimum atomic E-state index is 0. The van der Waals surface area contributed by atoms with Gasteiger partial charge < -0.3 is 5.73 Å². The average molecular weight is 268 g/mol. The van der Waals surface area contributed by atoms with Gasteiger partial charge in [0.15, 0.2) is 0 Å². The molecule has 0 radical (unpaired) electrons. The summed E-state index contributed by atoms with van der Waals surface area (Å²) in [5.41, 5.74) is 9.34. The van der Waals surface area contributed by atoms with Crippen LogP contribution >= 0.6 is 24.0 Å². The van der Waals surface area contributed by atoms with Crippen molar-refractivity contribution in [2.24, 2.45) is 5.73 Å². The van der Waals surface area contributed by atoms with E-state index < -0.39 is 0 Å². The predicted octanol–water partition coefficient (Wildman–Crippen LogP) is 4.45. The Labute approximate surface area is 113 Å². The Morgan fingerprint density at radius 1 is 1.00 bits per heavy atom. The third kappa shape index (κ3) is 3.47. The van der Waals surface area contributed by atoms with Gasteiger partial charge in [0.1, 0.15) is 0 Å². The van der Waals surface area contributed by atoms with Crippen LogP contribution in [-0.2, 0) is 0 Å². The first-order valence-electron chi connectivity index (χ1n) is 5.28. The lowest BCUT2D eigenvalue weighted by molar-refractivity contribution is 0.819. The van der Waals surface area contributed by atoms with Crippen molar-refractivity contribution in [1.29, 1.82) is 0 Å². The second kappa shape index (κ2) is 6.06. The summed E-state index contributed by atoms with van der Waals surface area (Å²) in [7, 11) is 0. The van der Waals surface area contributed by atoms with Crippen LogP contribution in [0.2, 0.25) is 5.02 Å². The van der Waals surface area contributed by atoms with E-state index in [1.807, 2.05) is 43.3 Å². The lowest BCUT2D eigenvalue weighted by atomic mass is 10.0. The zero-order valence-electron chi connectivity index (χ0n) is 9.56. The van der Waals surface area contributed by atoms with E-state index in [2.05, 4.69) is 12.1 Å².